The van der Waals surface area contributed by atoms with Crippen molar-refractivity contribution in [2.24, 2.45) is 0 Å². The van der Waals surface area contributed by atoms with E-state index in [-0.39, 0.29) is 45.6 Å². The molecule has 0 spiro atoms. The van der Waals surface area contributed by atoms with Gasteiger partial charge in [-0.3, -0.25) is 14.4 Å². The van der Waals surface area contributed by atoms with Crippen molar-refractivity contribution in [1.29, 1.82) is 0 Å². The Morgan fingerprint density at radius 2 is 1.07 bits per heavy atom. The fraction of sp³-hybridized carbons (Fsp3) is 0.226. The first-order valence-corrected chi connectivity index (χ1v) is 13.2. The molecule has 0 unspecified atom stereocenters. The summed E-state index contributed by atoms with van der Waals surface area (Å²) < 4.78 is 36.0. The highest BCUT2D eigenvalue weighted by atomic mass is 16.6. The van der Waals surface area contributed by atoms with Crippen LogP contribution in [0.15, 0.2) is 60.7 Å². The van der Waals surface area contributed by atoms with Gasteiger partial charge in [-0.25, -0.2) is 14.4 Å². The average molecular weight is 640 g/mol. The first-order valence-electron chi connectivity index (χ1n) is 13.2. The number of hydrogen-bond donors (Lipinski definition) is 2. The number of carbonyl (C=O) groups excluding carboxylic acids is 5. The summed E-state index contributed by atoms with van der Waals surface area (Å²) in [5, 5.41) is 12.5. The predicted molar refractivity (Wildman–Crippen MR) is 156 cm³/mol. The molecule has 1 amide bonds. The molecule has 3 aromatic carbocycles. The highest BCUT2D eigenvalue weighted by Crippen LogP contribution is 2.31. The van der Waals surface area contributed by atoms with Crippen LogP contribution in [-0.2, 0) is 28.7 Å². The van der Waals surface area contributed by atoms with E-state index in [0.29, 0.717) is 0 Å². The van der Waals surface area contributed by atoms with Crippen LogP contribution in [-0.4, -0.2) is 74.4 Å². The highest BCUT2D eigenvalue weighted by Gasteiger charge is 2.41. The minimum Gasteiger partial charge on any atom is -0.495 e. The van der Waals surface area contributed by atoms with E-state index in [2.05, 4.69) is 5.32 Å². The van der Waals surface area contributed by atoms with Crippen LogP contribution >= 0.6 is 0 Å². The number of carbonyl (C=O) groups is 6. The molecule has 0 saturated heterocycles. The van der Waals surface area contributed by atoms with Gasteiger partial charge in [0, 0.05) is 13.8 Å². The van der Waals surface area contributed by atoms with E-state index < -0.39 is 48.0 Å². The molecule has 15 heteroatoms. The van der Waals surface area contributed by atoms with Crippen LogP contribution in [0.1, 0.15) is 34.6 Å². The van der Waals surface area contributed by atoms with Gasteiger partial charge in [0.2, 0.25) is 12.2 Å². The number of methoxy groups -OCH3 is 3. The van der Waals surface area contributed by atoms with Gasteiger partial charge in [-0.05, 0) is 48.5 Å². The number of hydrogen-bond acceptors (Lipinski definition) is 13. The lowest BCUT2D eigenvalue weighted by Crippen LogP contribution is -2.48. The maximum Gasteiger partial charge on any atom is 0.349 e. The number of benzene rings is 3. The zero-order valence-corrected chi connectivity index (χ0v) is 25.2. The molecule has 0 aliphatic rings. The molecule has 15 nitrogen and oxygen atoms in total. The van der Waals surface area contributed by atoms with Gasteiger partial charge in [-0.1, -0.05) is 12.1 Å². The van der Waals surface area contributed by atoms with E-state index in [0.717, 1.165) is 32.0 Å². The number of aliphatic carboxylic acids is 1. The Bertz CT molecular complexity index is 1650. The van der Waals surface area contributed by atoms with E-state index in [1.165, 1.54) is 51.7 Å². The first-order chi connectivity index (χ1) is 21.9. The SMILES string of the molecule is COc1ccccc1NC(=O)[C@@H](OC(=O)c1ccc(OC(C)=O)c(OC)c1)[C@@H](OC(=O)c1ccc(OC(C)=O)c(OC)c1)C(=O)O. The fourth-order valence-corrected chi connectivity index (χ4v) is 3.88. The summed E-state index contributed by atoms with van der Waals surface area (Å²) in [5.41, 5.74) is -0.395. The van der Waals surface area contributed by atoms with Crippen molar-refractivity contribution in [2.45, 2.75) is 26.1 Å². The summed E-state index contributed by atoms with van der Waals surface area (Å²) in [7, 11) is 3.82. The maximum absolute atomic E-state index is 13.5. The molecule has 3 aromatic rings. The van der Waals surface area contributed by atoms with Gasteiger partial charge in [-0.15, -0.1) is 0 Å². The topological polar surface area (TPSA) is 199 Å². The number of carboxylic acid groups (broad SMARTS) is 1. The molecule has 0 bridgehead atoms. The van der Waals surface area contributed by atoms with Crippen molar-refractivity contribution >= 4 is 41.4 Å². The lowest BCUT2D eigenvalue weighted by atomic mass is 10.1. The monoisotopic (exact) mass is 639 g/mol. The second kappa shape index (κ2) is 15.6. The number of para-hydroxylation sites is 2. The Morgan fingerprint density at radius 3 is 1.50 bits per heavy atom. The van der Waals surface area contributed by atoms with Crippen LogP contribution < -0.4 is 29.0 Å². The van der Waals surface area contributed by atoms with Crippen LogP contribution in [0.5, 0.6) is 28.7 Å². The van der Waals surface area contributed by atoms with Crippen molar-refractivity contribution in [2.75, 3.05) is 26.6 Å². The number of carboxylic acids is 1. The molecular weight excluding hydrogens is 610 g/mol. The smallest absolute Gasteiger partial charge is 0.349 e. The maximum atomic E-state index is 13.5. The third-order valence-corrected chi connectivity index (χ3v) is 5.92. The molecular formula is C31H29NO14. The average Bonchev–Trinajstić information content (AvgIpc) is 3.02. The van der Waals surface area contributed by atoms with Gasteiger partial charge in [0.05, 0.1) is 38.1 Å². The Hall–Kier alpha value is -6.12. The molecule has 0 aliphatic heterocycles. The van der Waals surface area contributed by atoms with Crippen molar-refractivity contribution in [3.63, 3.8) is 0 Å². The van der Waals surface area contributed by atoms with E-state index in [1.54, 1.807) is 12.1 Å². The van der Waals surface area contributed by atoms with Crippen LogP contribution in [0.25, 0.3) is 0 Å². The molecule has 2 atom stereocenters. The van der Waals surface area contributed by atoms with Gasteiger partial charge >= 0.3 is 29.8 Å². The summed E-state index contributed by atoms with van der Waals surface area (Å²) in [4.78, 5) is 75.1. The molecule has 2 N–H and O–H groups in total. The summed E-state index contributed by atoms with van der Waals surface area (Å²) in [6, 6.07) is 13.1. The normalized spacial score (nSPS) is 11.6. The molecule has 0 heterocycles. The Morgan fingerprint density at radius 1 is 0.609 bits per heavy atom. The van der Waals surface area contributed by atoms with E-state index in [4.69, 9.17) is 33.2 Å². The lowest BCUT2D eigenvalue weighted by molar-refractivity contribution is -0.157. The number of nitrogens with one attached hydrogen (secondary N) is 1. The van der Waals surface area contributed by atoms with E-state index in [1.807, 2.05) is 0 Å². The summed E-state index contributed by atoms with van der Waals surface area (Å²) in [6.07, 6.45) is -4.65. The summed E-state index contributed by atoms with van der Waals surface area (Å²) in [6.45, 7) is 2.31. The molecule has 0 fully saturated rings. The molecule has 0 saturated carbocycles. The van der Waals surface area contributed by atoms with Crippen molar-refractivity contribution < 1.29 is 67.0 Å². The minimum atomic E-state index is -2.38. The zero-order valence-electron chi connectivity index (χ0n) is 25.2. The number of esters is 4. The fourth-order valence-electron chi connectivity index (χ4n) is 3.88. The highest BCUT2D eigenvalue weighted by molar-refractivity contribution is 6.02. The molecule has 0 aromatic heterocycles. The second-order valence-corrected chi connectivity index (χ2v) is 9.10. The molecule has 0 radical (unpaired) electrons. The molecule has 0 aliphatic carbocycles. The number of ether oxygens (including phenoxy) is 7. The number of anilines is 1. The lowest BCUT2D eigenvalue weighted by Gasteiger charge is -2.24. The number of rotatable bonds is 13. The van der Waals surface area contributed by atoms with Crippen molar-refractivity contribution in [3.05, 3.63) is 71.8 Å². The standard InChI is InChI=1S/C31H29NO14/c1-16(33)43-22-12-10-18(14-24(22)41-4)30(38)45-26(28(35)32-20-8-6-7-9-21(20)40-3)27(29(36)37)46-31(39)19-11-13-23(44-17(2)34)25(15-19)42-5/h6-15,26-27H,1-5H3,(H,32,35)(H,36,37)/t26-,27+/m0/s1. The minimum absolute atomic E-state index is 0.0236. The van der Waals surface area contributed by atoms with Gasteiger partial charge in [0.15, 0.2) is 23.0 Å². The van der Waals surface area contributed by atoms with Crippen LogP contribution in [0.3, 0.4) is 0 Å². The van der Waals surface area contributed by atoms with Gasteiger partial charge < -0.3 is 43.6 Å². The first kappa shape index (κ1) is 34.4. The third-order valence-electron chi connectivity index (χ3n) is 5.92. The van der Waals surface area contributed by atoms with Crippen molar-refractivity contribution in [1.82, 2.24) is 0 Å². The Balaban J connectivity index is 1.99. The van der Waals surface area contributed by atoms with E-state index >= 15 is 0 Å². The van der Waals surface area contributed by atoms with Gasteiger partial charge in [0.1, 0.15) is 5.75 Å². The molecule has 3 rings (SSSR count). The zero-order chi connectivity index (χ0) is 34.0. The number of amides is 1. The molecule has 46 heavy (non-hydrogen) atoms. The predicted octanol–water partition coefficient (Wildman–Crippen LogP) is 3.04. The molecule has 242 valence electrons. The largest absolute Gasteiger partial charge is 0.495 e. The quantitative estimate of drug-likeness (QED) is 0.204. The third kappa shape index (κ3) is 8.72. The summed E-state index contributed by atoms with van der Waals surface area (Å²) in [5.74, 6) is -6.79. The van der Waals surface area contributed by atoms with Crippen LogP contribution in [0, 0.1) is 0 Å². The summed E-state index contributed by atoms with van der Waals surface area (Å²) >= 11 is 0. The van der Waals surface area contributed by atoms with Crippen molar-refractivity contribution in [3.8, 4) is 28.7 Å². The van der Waals surface area contributed by atoms with Gasteiger partial charge in [-0.2, -0.15) is 0 Å². The van der Waals surface area contributed by atoms with E-state index in [9.17, 15) is 33.9 Å². The second-order valence-electron chi connectivity index (χ2n) is 9.10. The Kier molecular flexibility index (Phi) is 11.6. The van der Waals surface area contributed by atoms with Crippen LogP contribution in [0.4, 0.5) is 5.69 Å². The Labute approximate surface area is 261 Å². The van der Waals surface area contributed by atoms with Gasteiger partial charge in [0.25, 0.3) is 5.91 Å². The van der Waals surface area contributed by atoms with Crippen LogP contribution in [0.2, 0.25) is 0 Å².